The second-order valence-electron chi connectivity index (χ2n) is 5.49. The van der Waals surface area contributed by atoms with E-state index in [9.17, 15) is 18.5 Å². The number of nitro groups is 1. The molecule has 24 heavy (non-hydrogen) atoms. The van der Waals surface area contributed by atoms with Crippen LogP contribution in [0.15, 0.2) is 53.6 Å². The van der Waals surface area contributed by atoms with Crippen LogP contribution in [-0.2, 0) is 9.84 Å². The van der Waals surface area contributed by atoms with Crippen molar-refractivity contribution in [1.29, 1.82) is 0 Å². The normalized spacial score (nSPS) is 18.4. The number of imidazole rings is 1. The molecule has 1 N–H and O–H groups in total. The monoisotopic (exact) mass is 344 g/mol. The fourth-order valence-electron chi connectivity index (χ4n) is 2.99. The van der Waals surface area contributed by atoms with E-state index in [4.69, 9.17) is 0 Å². The van der Waals surface area contributed by atoms with E-state index in [0.717, 1.165) is 0 Å². The van der Waals surface area contributed by atoms with Gasteiger partial charge in [0, 0.05) is 6.07 Å². The van der Waals surface area contributed by atoms with E-state index < -0.39 is 20.8 Å². The first-order valence-corrected chi connectivity index (χ1v) is 8.82. The van der Waals surface area contributed by atoms with E-state index in [1.165, 1.54) is 4.40 Å². The average Bonchev–Trinajstić information content (AvgIpc) is 3.03. The van der Waals surface area contributed by atoms with Crippen molar-refractivity contribution in [3.05, 3.63) is 64.3 Å². The Labute approximate surface area is 136 Å². The van der Waals surface area contributed by atoms with Gasteiger partial charge in [-0.2, -0.15) is 9.38 Å². The van der Waals surface area contributed by atoms with E-state index in [0.29, 0.717) is 11.2 Å². The molecule has 3 heterocycles. The Hall–Kier alpha value is -2.94. The lowest BCUT2D eigenvalue weighted by Gasteiger charge is -2.11. The highest BCUT2D eigenvalue weighted by atomic mass is 32.2. The van der Waals surface area contributed by atoms with Crippen molar-refractivity contribution in [3.63, 3.8) is 0 Å². The number of fused-ring (bicyclic) bond motifs is 2. The van der Waals surface area contributed by atoms with Gasteiger partial charge >= 0.3 is 5.82 Å². The molecular formula is C15H12N4O4S. The summed E-state index contributed by atoms with van der Waals surface area (Å²) >= 11 is 0. The molecule has 0 unspecified atom stereocenters. The second-order valence-corrected chi connectivity index (χ2v) is 7.49. The van der Waals surface area contributed by atoms with E-state index in [-0.39, 0.29) is 22.3 Å². The lowest BCUT2D eigenvalue weighted by Crippen LogP contribution is -2.14. The number of rotatable bonds is 3. The number of pyridine rings is 1. The number of anilines is 1. The maximum Gasteiger partial charge on any atom is 0.372 e. The molecule has 1 atom stereocenters. The summed E-state index contributed by atoms with van der Waals surface area (Å²) in [5.74, 6) is -0.312. The summed E-state index contributed by atoms with van der Waals surface area (Å²) in [5.41, 5.74) is 1.02. The van der Waals surface area contributed by atoms with Crippen LogP contribution in [0.2, 0.25) is 0 Å². The minimum atomic E-state index is -3.40. The maximum absolute atomic E-state index is 12.2. The number of sulfone groups is 1. The molecule has 0 radical (unpaired) electrons. The highest BCUT2D eigenvalue weighted by Gasteiger charge is 2.36. The largest absolute Gasteiger partial charge is 0.372 e. The van der Waals surface area contributed by atoms with Gasteiger partial charge in [-0.05, 0) is 22.6 Å². The van der Waals surface area contributed by atoms with Crippen LogP contribution < -0.4 is 5.32 Å². The van der Waals surface area contributed by atoms with Crippen LogP contribution in [0.3, 0.4) is 0 Å². The van der Waals surface area contributed by atoms with Crippen LogP contribution in [0.1, 0.15) is 11.6 Å². The quantitative estimate of drug-likeness (QED) is 0.576. The zero-order chi connectivity index (χ0) is 16.9. The molecule has 3 aromatic rings. The zero-order valence-electron chi connectivity index (χ0n) is 12.3. The Morgan fingerprint density at radius 1 is 1.21 bits per heavy atom. The van der Waals surface area contributed by atoms with Crippen molar-refractivity contribution in [3.8, 4) is 0 Å². The molecule has 0 saturated heterocycles. The average molecular weight is 344 g/mol. The maximum atomic E-state index is 12.2. The summed E-state index contributed by atoms with van der Waals surface area (Å²) in [7, 11) is -3.40. The fourth-order valence-corrected chi connectivity index (χ4v) is 4.73. The summed E-state index contributed by atoms with van der Waals surface area (Å²) in [5, 5.41) is 14.4. The molecule has 0 saturated carbocycles. The lowest BCUT2D eigenvalue weighted by molar-refractivity contribution is -0.389. The highest BCUT2D eigenvalue weighted by molar-refractivity contribution is 7.91. The van der Waals surface area contributed by atoms with Gasteiger partial charge in [-0.3, -0.25) is 0 Å². The molecule has 8 nitrogen and oxygen atoms in total. The Kier molecular flexibility index (Phi) is 3.07. The van der Waals surface area contributed by atoms with E-state index >= 15 is 0 Å². The molecule has 9 heteroatoms. The molecule has 1 aromatic carbocycles. The number of hydrogen-bond acceptors (Lipinski definition) is 6. The zero-order valence-corrected chi connectivity index (χ0v) is 13.1. The lowest BCUT2D eigenvalue weighted by atomic mass is 10.1. The number of nitrogens with zero attached hydrogens (tertiary/aromatic N) is 3. The summed E-state index contributed by atoms with van der Waals surface area (Å²) in [6.07, 6.45) is 1.55. The third-order valence-corrected chi connectivity index (χ3v) is 5.82. The predicted octanol–water partition coefficient (Wildman–Crippen LogP) is 2.18. The van der Waals surface area contributed by atoms with Crippen molar-refractivity contribution < 1.29 is 13.3 Å². The molecule has 0 spiro atoms. The van der Waals surface area contributed by atoms with Gasteiger partial charge in [0.1, 0.15) is 0 Å². The van der Waals surface area contributed by atoms with Crippen LogP contribution in [0.4, 0.5) is 11.6 Å². The van der Waals surface area contributed by atoms with E-state index in [1.807, 2.05) is 0 Å². The van der Waals surface area contributed by atoms with Gasteiger partial charge in [0.05, 0.1) is 22.9 Å². The van der Waals surface area contributed by atoms with Crippen LogP contribution in [-0.4, -0.2) is 28.5 Å². The van der Waals surface area contributed by atoms with Gasteiger partial charge in [-0.25, -0.2) is 8.42 Å². The number of nitrogens with one attached hydrogen (secondary N) is 1. The van der Waals surface area contributed by atoms with Crippen molar-refractivity contribution in [1.82, 2.24) is 9.38 Å². The minimum absolute atomic E-state index is 0.0584. The third kappa shape index (κ3) is 2.13. The van der Waals surface area contributed by atoms with Gasteiger partial charge in [0.2, 0.25) is 11.5 Å². The Balaban J connectivity index is 1.81. The third-order valence-electron chi connectivity index (χ3n) is 4.00. The predicted molar refractivity (Wildman–Crippen MR) is 86.7 cm³/mol. The molecule has 1 aliphatic heterocycles. The topological polar surface area (TPSA) is 107 Å². The van der Waals surface area contributed by atoms with Crippen LogP contribution in [0.25, 0.3) is 5.65 Å². The molecule has 1 aliphatic rings. The Bertz CT molecular complexity index is 1070. The van der Waals surface area contributed by atoms with Crippen molar-refractivity contribution >= 4 is 27.1 Å². The molecular weight excluding hydrogens is 332 g/mol. The summed E-state index contributed by atoms with van der Waals surface area (Å²) in [6.45, 7) is 0. The molecule has 0 bridgehead atoms. The van der Waals surface area contributed by atoms with E-state index in [2.05, 4.69) is 10.3 Å². The molecule has 4 rings (SSSR count). The van der Waals surface area contributed by atoms with Gasteiger partial charge < -0.3 is 15.4 Å². The molecule has 122 valence electrons. The summed E-state index contributed by atoms with van der Waals surface area (Å²) < 4.78 is 25.8. The minimum Gasteiger partial charge on any atom is -0.358 e. The second kappa shape index (κ2) is 5.03. The van der Waals surface area contributed by atoms with Gasteiger partial charge in [0.25, 0.3) is 0 Å². The first kappa shape index (κ1) is 14.6. The molecule has 0 amide bonds. The van der Waals surface area contributed by atoms with Gasteiger partial charge in [-0.15, -0.1) is 0 Å². The number of aromatic nitrogens is 2. The highest BCUT2D eigenvalue weighted by Crippen LogP contribution is 2.37. The molecule has 0 aliphatic carbocycles. The Morgan fingerprint density at radius 2 is 1.96 bits per heavy atom. The van der Waals surface area contributed by atoms with Crippen LogP contribution >= 0.6 is 0 Å². The first-order chi connectivity index (χ1) is 11.5. The smallest absolute Gasteiger partial charge is 0.358 e. The van der Waals surface area contributed by atoms with Gasteiger partial charge in [-0.1, -0.05) is 24.3 Å². The van der Waals surface area contributed by atoms with Gasteiger partial charge in [0.15, 0.2) is 9.84 Å². The standard InChI is InChI=1S/C15H12N4O4S/c20-19(21)15-14(17-13-7-3-4-8-18(13)15)16-11-9-24(22,23)12-6-2-1-5-10(11)12/h1-8,11,16H,9H2/t11-/m1/s1. The first-order valence-electron chi connectivity index (χ1n) is 7.17. The number of hydrogen-bond donors (Lipinski definition) is 1. The van der Waals surface area contributed by atoms with Crippen molar-refractivity contribution in [2.45, 2.75) is 10.9 Å². The van der Waals surface area contributed by atoms with E-state index in [1.54, 1.807) is 48.7 Å². The summed E-state index contributed by atoms with van der Waals surface area (Å²) in [6, 6.07) is 11.1. The fraction of sp³-hybridized carbons (Fsp3) is 0.133. The van der Waals surface area contributed by atoms with Crippen molar-refractivity contribution in [2.75, 3.05) is 11.1 Å². The molecule has 0 fully saturated rings. The SMILES string of the molecule is O=[N+]([O-])c1c(N[C@@H]2CS(=O)(=O)c3ccccc32)nc2ccccn12. The molecule has 2 aromatic heterocycles. The Morgan fingerprint density at radius 3 is 2.75 bits per heavy atom. The summed E-state index contributed by atoms with van der Waals surface area (Å²) in [4.78, 5) is 15.4. The van der Waals surface area contributed by atoms with Crippen LogP contribution in [0.5, 0.6) is 0 Å². The number of benzene rings is 1. The van der Waals surface area contributed by atoms with Crippen molar-refractivity contribution in [2.24, 2.45) is 0 Å². The van der Waals surface area contributed by atoms with Crippen LogP contribution in [0, 0.1) is 10.1 Å².